The predicted molar refractivity (Wildman–Crippen MR) is 210 cm³/mol. The zero-order valence-corrected chi connectivity index (χ0v) is 28.3. The lowest BCUT2D eigenvalue weighted by molar-refractivity contribution is 0.478. The van der Waals surface area contributed by atoms with Crippen LogP contribution >= 0.6 is 0 Å². The number of anilines is 6. The minimum Gasteiger partial charge on any atom is -0.451 e. The van der Waals surface area contributed by atoms with Crippen molar-refractivity contribution >= 4 is 55.9 Å². The second-order valence-electron chi connectivity index (χ2n) is 12.9. The molecule has 0 spiro atoms. The molecule has 0 aliphatic carbocycles. The number of para-hydroxylation sites is 5. The first-order valence-corrected chi connectivity index (χ1v) is 17.3. The van der Waals surface area contributed by atoms with Crippen molar-refractivity contribution in [3.63, 3.8) is 0 Å². The van der Waals surface area contributed by atoms with Gasteiger partial charge in [-0.2, -0.15) is 0 Å². The molecule has 248 valence electrons. The predicted octanol–water partition coefficient (Wildman–Crippen LogP) is 11.6. The number of benzene rings is 6. The first kappa shape index (κ1) is 29.8. The van der Waals surface area contributed by atoms with E-state index in [0.29, 0.717) is 0 Å². The third-order valence-electron chi connectivity index (χ3n) is 9.77. The summed E-state index contributed by atoms with van der Waals surface area (Å²) >= 11 is 0. The van der Waals surface area contributed by atoms with Crippen LogP contribution in [-0.4, -0.2) is 19.1 Å². The van der Waals surface area contributed by atoms with E-state index in [9.17, 15) is 0 Å². The monoisotopic (exact) mass is 672 g/mol. The highest BCUT2D eigenvalue weighted by atomic mass is 16.5. The molecule has 4 heterocycles. The van der Waals surface area contributed by atoms with E-state index >= 15 is 0 Å². The Labute approximate surface area is 300 Å². The standard InChI is InChI=1S/C45H32N6O/c1-48-28-27-47-45(48)31-13-11-16-33(29-31)49(34-24-25-36-35-17-5-6-18-37(35)51(41(36)30-34)43-23-9-10-26-46-43)39-20-12-21-40-44(39)52-42-22-8-7-19-38(42)50(40)32-14-3-2-4-15-32/h2-30H,1H3. The molecule has 9 aromatic rings. The van der Waals surface area contributed by atoms with Crippen LogP contribution < -0.4 is 14.5 Å². The molecule has 0 saturated carbocycles. The molecule has 6 aromatic carbocycles. The van der Waals surface area contributed by atoms with Crippen molar-refractivity contribution in [2.75, 3.05) is 9.80 Å². The molecule has 1 aliphatic rings. The first-order valence-electron chi connectivity index (χ1n) is 17.3. The van der Waals surface area contributed by atoms with E-state index in [0.717, 1.165) is 79.2 Å². The lowest BCUT2D eigenvalue weighted by atomic mass is 10.1. The van der Waals surface area contributed by atoms with Crippen LogP contribution in [0.25, 0.3) is 39.0 Å². The largest absolute Gasteiger partial charge is 0.451 e. The molecule has 0 bridgehead atoms. The van der Waals surface area contributed by atoms with Gasteiger partial charge in [-0.1, -0.05) is 78.9 Å². The number of fused-ring (bicyclic) bond motifs is 5. The molecule has 3 aromatic heterocycles. The summed E-state index contributed by atoms with van der Waals surface area (Å²) in [7, 11) is 2.02. The number of imidazole rings is 1. The van der Waals surface area contributed by atoms with Crippen LogP contribution in [0.4, 0.5) is 34.1 Å². The highest BCUT2D eigenvalue weighted by Gasteiger charge is 2.30. The summed E-state index contributed by atoms with van der Waals surface area (Å²) in [6.07, 6.45) is 5.65. The number of aryl methyl sites for hydroxylation is 1. The van der Waals surface area contributed by atoms with Crippen LogP contribution in [0.2, 0.25) is 0 Å². The number of aromatic nitrogens is 4. The maximum absolute atomic E-state index is 6.92. The Morgan fingerprint density at radius 2 is 1.35 bits per heavy atom. The van der Waals surface area contributed by atoms with Gasteiger partial charge in [0.05, 0.1) is 28.1 Å². The van der Waals surface area contributed by atoms with Crippen LogP contribution in [-0.2, 0) is 7.05 Å². The molecule has 0 unspecified atom stereocenters. The third kappa shape index (κ3) is 4.75. The van der Waals surface area contributed by atoms with Crippen molar-refractivity contribution in [2.45, 2.75) is 0 Å². The normalized spacial score (nSPS) is 12.1. The maximum atomic E-state index is 6.92. The summed E-state index contributed by atoms with van der Waals surface area (Å²) in [6, 6.07) is 54.9. The minimum atomic E-state index is 0.762. The average molecular weight is 673 g/mol. The number of hydrogen-bond donors (Lipinski definition) is 0. The van der Waals surface area contributed by atoms with Gasteiger partial charge in [0.25, 0.3) is 0 Å². The van der Waals surface area contributed by atoms with Gasteiger partial charge in [0.15, 0.2) is 11.5 Å². The summed E-state index contributed by atoms with van der Waals surface area (Å²) < 4.78 is 11.2. The van der Waals surface area contributed by atoms with Crippen LogP contribution in [0.5, 0.6) is 11.5 Å². The van der Waals surface area contributed by atoms with Crippen LogP contribution in [0.3, 0.4) is 0 Å². The zero-order valence-electron chi connectivity index (χ0n) is 28.3. The lowest BCUT2D eigenvalue weighted by Crippen LogP contribution is -2.18. The van der Waals surface area contributed by atoms with Crippen molar-refractivity contribution < 1.29 is 4.74 Å². The smallest absolute Gasteiger partial charge is 0.175 e. The number of pyridine rings is 1. The van der Waals surface area contributed by atoms with E-state index in [2.05, 4.69) is 147 Å². The quantitative estimate of drug-likeness (QED) is 0.176. The van der Waals surface area contributed by atoms with Crippen LogP contribution in [0.1, 0.15) is 0 Å². The van der Waals surface area contributed by atoms with Crippen molar-refractivity contribution in [3.8, 4) is 28.7 Å². The van der Waals surface area contributed by atoms with Gasteiger partial charge in [-0.05, 0) is 78.9 Å². The summed E-state index contributed by atoms with van der Waals surface area (Å²) in [5, 5.41) is 2.33. The Hall–Kier alpha value is -7.12. The number of nitrogens with zero attached hydrogens (tertiary/aromatic N) is 6. The molecule has 1 aliphatic heterocycles. The summed E-state index contributed by atoms with van der Waals surface area (Å²) in [5.74, 6) is 3.31. The van der Waals surface area contributed by atoms with E-state index in [1.165, 1.54) is 5.39 Å². The van der Waals surface area contributed by atoms with Crippen molar-refractivity contribution in [2.24, 2.45) is 7.05 Å². The number of hydrogen-bond acceptors (Lipinski definition) is 5. The molecule has 0 fully saturated rings. The fraction of sp³-hybridized carbons (Fsp3) is 0.0222. The average Bonchev–Trinajstić information content (AvgIpc) is 3.78. The zero-order chi connectivity index (χ0) is 34.6. The molecule has 10 rings (SSSR count). The Morgan fingerprint density at radius 1 is 0.577 bits per heavy atom. The van der Waals surface area contributed by atoms with E-state index in [1.54, 1.807) is 0 Å². The topological polar surface area (TPSA) is 51.4 Å². The van der Waals surface area contributed by atoms with Crippen molar-refractivity contribution in [3.05, 3.63) is 176 Å². The minimum absolute atomic E-state index is 0.762. The second kappa shape index (κ2) is 12.0. The number of ether oxygens (including phenoxy) is 1. The summed E-state index contributed by atoms with van der Waals surface area (Å²) in [6.45, 7) is 0. The Balaban J connectivity index is 1.24. The van der Waals surface area contributed by atoms with Crippen LogP contribution in [0.15, 0.2) is 176 Å². The first-order chi connectivity index (χ1) is 25.7. The number of rotatable bonds is 6. The van der Waals surface area contributed by atoms with Gasteiger partial charge in [-0.3, -0.25) is 4.57 Å². The van der Waals surface area contributed by atoms with Gasteiger partial charge >= 0.3 is 0 Å². The molecular formula is C45H32N6O. The fourth-order valence-electron chi connectivity index (χ4n) is 7.48. The second-order valence-corrected chi connectivity index (χ2v) is 12.9. The fourth-order valence-corrected chi connectivity index (χ4v) is 7.48. The van der Waals surface area contributed by atoms with Gasteiger partial charge < -0.3 is 19.1 Å². The van der Waals surface area contributed by atoms with Crippen molar-refractivity contribution in [1.82, 2.24) is 19.1 Å². The molecule has 0 saturated heterocycles. The lowest BCUT2D eigenvalue weighted by Gasteiger charge is -2.36. The molecular weight excluding hydrogens is 641 g/mol. The van der Waals surface area contributed by atoms with Gasteiger partial charge in [0.2, 0.25) is 0 Å². The van der Waals surface area contributed by atoms with Crippen LogP contribution in [0, 0.1) is 0 Å². The highest BCUT2D eigenvalue weighted by molar-refractivity contribution is 6.10. The van der Waals surface area contributed by atoms with Gasteiger partial charge in [-0.15, -0.1) is 0 Å². The Bertz CT molecular complexity index is 2750. The summed E-state index contributed by atoms with van der Waals surface area (Å²) in [4.78, 5) is 14.0. The van der Waals surface area contributed by atoms with Gasteiger partial charge in [-0.25, -0.2) is 9.97 Å². The molecule has 0 atom stereocenters. The molecule has 7 heteroatoms. The van der Waals surface area contributed by atoms with E-state index in [1.807, 2.05) is 60.5 Å². The molecule has 0 N–H and O–H groups in total. The van der Waals surface area contributed by atoms with Gasteiger partial charge in [0.1, 0.15) is 11.6 Å². The van der Waals surface area contributed by atoms with Gasteiger partial charge in [0, 0.05) is 59.0 Å². The third-order valence-corrected chi connectivity index (χ3v) is 9.77. The van der Waals surface area contributed by atoms with E-state index in [4.69, 9.17) is 9.72 Å². The Morgan fingerprint density at radius 3 is 2.21 bits per heavy atom. The molecule has 0 radical (unpaired) electrons. The molecule has 0 amide bonds. The molecule has 52 heavy (non-hydrogen) atoms. The van der Waals surface area contributed by atoms with Crippen molar-refractivity contribution in [1.29, 1.82) is 0 Å². The molecule has 7 nitrogen and oxygen atoms in total. The Kier molecular flexibility index (Phi) is 6.89. The van der Waals surface area contributed by atoms with E-state index in [-0.39, 0.29) is 0 Å². The van der Waals surface area contributed by atoms with E-state index < -0.39 is 0 Å². The maximum Gasteiger partial charge on any atom is 0.175 e. The highest BCUT2D eigenvalue weighted by Crippen LogP contribution is 2.55. The SMILES string of the molecule is Cn1ccnc1-c1cccc(N(c2ccc3c4ccccc4n(-c4ccccn4)c3c2)c2cccc3c2Oc2ccccc2N3c2ccccc2)c1. The summed E-state index contributed by atoms with van der Waals surface area (Å²) in [5.41, 5.74) is 9.04.